The number of carbonyl (C=O) groups excluding carboxylic acids is 2. The first kappa shape index (κ1) is 17.1. The molecule has 1 aromatic rings. The molecule has 4 unspecified atom stereocenters. The minimum atomic E-state index is -1.62. The number of amides is 2. The number of halogens is 1. The van der Waals surface area contributed by atoms with Gasteiger partial charge in [-0.3, -0.25) is 18.6 Å². The third kappa shape index (κ3) is 2.46. The van der Waals surface area contributed by atoms with E-state index in [2.05, 4.69) is 21.2 Å². The molecule has 2 saturated heterocycles. The van der Waals surface area contributed by atoms with Crippen molar-refractivity contribution >= 4 is 44.5 Å². The zero-order valence-electron chi connectivity index (χ0n) is 12.6. The van der Waals surface area contributed by atoms with Crippen LogP contribution in [-0.2, 0) is 20.4 Å². The van der Waals surface area contributed by atoms with E-state index in [1.165, 1.54) is 4.90 Å². The third-order valence-corrected chi connectivity index (χ3v) is 8.13. The van der Waals surface area contributed by atoms with E-state index in [0.717, 1.165) is 0 Å². The molecule has 7 nitrogen and oxygen atoms in total. The fourth-order valence-electron chi connectivity index (χ4n) is 2.91. The lowest BCUT2D eigenvalue weighted by molar-refractivity contribution is -0.150. The van der Waals surface area contributed by atoms with Crippen LogP contribution in [0.15, 0.2) is 30.3 Å². The van der Waals surface area contributed by atoms with E-state index in [-0.39, 0.29) is 6.54 Å². The number of nitrogens with zero attached hydrogens (tertiary/aromatic N) is 1. The Kier molecular flexibility index (Phi) is 4.25. The normalized spacial score (nSPS) is 34.9. The summed E-state index contributed by atoms with van der Waals surface area (Å²) in [6.07, 6.45) is 0. The van der Waals surface area contributed by atoms with Crippen molar-refractivity contribution < 1.29 is 23.7 Å². The van der Waals surface area contributed by atoms with Crippen molar-refractivity contribution in [2.24, 2.45) is 0 Å². The highest BCUT2D eigenvalue weighted by Gasteiger charge is 2.63. The van der Waals surface area contributed by atoms with Crippen molar-refractivity contribution in [3.63, 3.8) is 0 Å². The first-order chi connectivity index (χ1) is 11.3. The van der Waals surface area contributed by atoms with Crippen LogP contribution >= 0.6 is 15.9 Å². The van der Waals surface area contributed by atoms with Gasteiger partial charge in [0.2, 0.25) is 5.91 Å². The number of hydrogen-bond donors (Lipinski definition) is 2. The van der Waals surface area contributed by atoms with E-state index in [9.17, 15) is 23.7 Å². The van der Waals surface area contributed by atoms with Gasteiger partial charge in [0.05, 0.1) is 16.0 Å². The van der Waals surface area contributed by atoms with Gasteiger partial charge in [-0.15, -0.1) is 0 Å². The predicted octanol–water partition coefficient (Wildman–Crippen LogP) is 0.322. The van der Waals surface area contributed by atoms with Crippen molar-refractivity contribution in [2.45, 2.75) is 27.9 Å². The number of β-lactam (4-membered cyclic amide) rings is 1. The topological polar surface area (TPSA) is 104 Å². The minimum Gasteiger partial charge on any atom is -0.480 e. The molecule has 2 amide bonds. The number of carboxylic acid groups (broad SMARTS) is 1. The van der Waals surface area contributed by atoms with Gasteiger partial charge in [-0.1, -0.05) is 34.1 Å². The van der Waals surface area contributed by atoms with Gasteiger partial charge in [0.1, 0.15) is 11.4 Å². The summed E-state index contributed by atoms with van der Waals surface area (Å²) in [6.45, 7) is 1.48. The Morgan fingerprint density at radius 3 is 2.58 bits per heavy atom. The molecule has 2 aliphatic heterocycles. The van der Waals surface area contributed by atoms with Gasteiger partial charge in [0, 0.05) is 12.1 Å². The standard InChI is InChI=1S/C15H15BrN2O5S/c1-8-15(16,14(21)22)7-18-12(20)10(13(18)24(8)23)17-11(19)9-5-3-2-4-6-9/h2-6,8,10,13H,7H2,1H3,(H,17,19)(H,21,22)/t8?,10?,13-,15?,24?/m1/s1. The second kappa shape index (κ2) is 5.96. The molecule has 2 fully saturated rings. The first-order valence-electron chi connectivity index (χ1n) is 7.25. The Labute approximate surface area is 149 Å². The molecule has 9 heteroatoms. The lowest BCUT2D eigenvalue weighted by Crippen LogP contribution is -2.79. The van der Waals surface area contributed by atoms with Gasteiger partial charge in [-0.2, -0.15) is 0 Å². The molecule has 0 bridgehead atoms. The third-order valence-electron chi connectivity index (χ3n) is 4.45. The smallest absolute Gasteiger partial charge is 0.323 e. The Balaban J connectivity index is 1.79. The quantitative estimate of drug-likeness (QED) is 0.547. The highest BCUT2D eigenvalue weighted by molar-refractivity contribution is 9.10. The van der Waals surface area contributed by atoms with Gasteiger partial charge in [-0.05, 0) is 19.1 Å². The second-order valence-corrected chi connectivity index (χ2v) is 9.07. The number of alkyl halides is 1. The number of aliphatic carboxylic acids is 1. The zero-order valence-corrected chi connectivity index (χ0v) is 15.0. The van der Waals surface area contributed by atoms with E-state index in [0.29, 0.717) is 5.56 Å². The number of rotatable bonds is 3. The number of fused-ring (bicyclic) bond motifs is 1. The van der Waals surface area contributed by atoms with Crippen molar-refractivity contribution in [3.8, 4) is 0 Å². The summed E-state index contributed by atoms with van der Waals surface area (Å²) in [5.41, 5.74) is 0.402. The number of benzene rings is 1. The van der Waals surface area contributed by atoms with Crippen LogP contribution in [0.1, 0.15) is 17.3 Å². The molecule has 0 radical (unpaired) electrons. The lowest BCUT2D eigenvalue weighted by atomic mass is 9.99. The maximum Gasteiger partial charge on any atom is 0.323 e. The van der Waals surface area contributed by atoms with Gasteiger partial charge < -0.3 is 15.3 Å². The molecule has 24 heavy (non-hydrogen) atoms. The van der Waals surface area contributed by atoms with Gasteiger partial charge in [0.25, 0.3) is 5.91 Å². The van der Waals surface area contributed by atoms with Gasteiger partial charge in [-0.25, -0.2) is 0 Å². The number of hydrogen-bond acceptors (Lipinski definition) is 4. The predicted molar refractivity (Wildman–Crippen MR) is 90.1 cm³/mol. The summed E-state index contributed by atoms with van der Waals surface area (Å²) in [6, 6.07) is 7.52. The number of carboxylic acids is 1. The molecule has 2 heterocycles. The fourth-order valence-corrected chi connectivity index (χ4v) is 5.58. The van der Waals surface area contributed by atoms with E-state index in [1.807, 2.05) is 0 Å². The molecule has 0 spiro atoms. The van der Waals surface area contributed by atoms with Crippen LogP contribution in [-0.4, -0.2) is 59.5 Å². The van der Waals surface area contributed by atoms with Crippen LogP contribution in [0.3, 0.4) is 0 Å². The van der Waals surface area contributed by atoms with Crippen LogP contribution < -0.4 is 5.32 Å². The summed E-state index contributed by atoms with van der Waals surface area (Å²) in [5, 5.41) is 10.6. The van der Waals surface area contributed by atoms with Crippen LogP contribution in [0, 0.1) is 0 Å². The molecule has 0 aliphatic carbocycles. The first-order valence-corrected chi connectivity index (χ1v) is 9.32. The highest BCUT2D eigenvalue weighted by Crippen LogP contribution is 2.40. The number of nitrogens with one attached hydrogen (secondary N) is 1. The molecule has 1 aromatic carbocycles. The lowest BCUT2D eigenvalue weighted by Gasteiger charge is -2.54. The Morgan fingerprint density at radius 1 is 1.38 bits per heavy atom. The van der Waals surface area contributed by atoms with Gasteiger partial charge >= 0.3 is 5.97 Å². The molecule has 128 valence electrons. The Bertz CT molecular complexity index is 743. The van der Waals surface area contributed by atoms with Gasteiger partial charge in [0.15, 0.2) is 4.32 Å². The molecule has 0 saturated carbocycles. The average molecular weight is 415 g/mol. The Morgan fingerprint density at radius 2 is 2.00 bits per heavy atom. The molecular weight excluding hydrogens is 400 g/mol. The van der Waals surface area contributed by atoms with Crippen molar-refractivity contribution in [2.75, 3.05) is 6.54 Å². The monoisotopic (exact) mass is 414 g/mol. The van der Waals surface area contributed by atoms with Crippen LogP contribution in [0.25, 0.3) is 0 Å². The summed E-state index contributed by atoms with van der Waals surface area (Å²) in [5.74, 6) is -2.01. The minimum absolute atomic E-state index is 0.0869. The largest absolute Gasteiger partial charge is 0.480 e. The highest BCUT2D eigenvalue weighted by atomic mass is 79.9. The van der Waals surface area contributed by atoms with E-state index >= 15 is 0 Å². The van der Waals surface area contributed by atoms with E-state index in [4.69, 9.17) is 0 Å². The fraction of sp³-hybridized carbons (Fsp3) is 0.400. The van der Waals surface area contributed by atoms with E-state index in [1.54, 1.807) is 37.3 Å². The maximum absolute atomic E-state index is 12.7. The molecule has 3 rings (SSSR count). The summed E-state index contributed by atoms with van der Waals surface area (Å²) in [7, 11) is -1.62. The Hall–Kier alpha value is -1.74. The van der Waals surface area contributed by atoms with Crippen LogP contribution in [0.4, 0.5) is 0 Å². The SMILES string of the molecule is CC1S(=O)[C@@H]2C(NC(=O)c3ccccc3)C(=O)N2CC1(Br)C(=O)O. The average Bonchev–Trinajstić information content (AvgIpc) is 2.58. The molecular formula is C15H15BrN2O5S. The number of carbonyl (C=O) groups is 3. The zero-order chi connectivity index (χ0) is 17.6. The second-order valence-electron chi connectivity index (χ2n) is 5.81. The van der Waals surface area contributed by atoms with Crippen LogP contribution in [0.2, 0.25) is 0 Å². The van der Waals surface area contributed by atoms with Crippen molar-refractivity contribution in [1.29, 1.82) is 0 Å². The summed E-state index contributed by atoms with van der Waals surface area (Å²) >= 11 is 3.13. The molecule has 0 aromatic heterocycles. The van der Waals surface area contributed by atoms with Crippen molar-refractivity contribution in [3.05, 3.63) is 35.9 Å². The summed E-state index contributed by atoms with van der Waals surface area (Å²) < 4.78 is 11.2. The molecule has 2 aliphatic rings. The van der Waals surface area contributed by atoms with Crippen LogP contribution in [0.5, 0.6) is 0 Å². The van der Waals surface area contributed by atoms with E-state index < -0.39 is 49.6 Å². The van der Waals surface area contributed by atoms with Crippen molar-refractivity contribution in [1.82, 2.24) is 10.2 Å². The summed E-state index contributed by atoms with van der Waals surface area (Å²) in [4.78, 5) is 37.2. The molecule has 2 N–H and O–H groups in total. The maximum atomic E-state index is 12.7. The molecule has 5 atom stereocenters.